The fourth-order valence-electron chi connectivity index (χ4n) is 6.63. The van der Waals surface area contributed by atoms with Crippen LogP contribution in [0.5, 0.6) is 5.75 Å². The van der Waals surface area contributed by atoms with Crippen molar-refractivity contribution in [3.8, 4) is 5.75 Å². The summed E-state index contributed by atoms with van der Waals surface area (Å²) in [5.41, 5.74) is 1.01. The standard InChI is InChI=1S/C38H48F2N4O5/c1-5-25(2)38(43-26(3)45)16-17-44(37(38)48)34(15-14-27-10-7-6-8-11-27)36(47)42-33(21-29-18-30(39)22-31(40)19-29)35(46)24-41-23-28-12-9-13-32(20-28)49-4/h6-13,18-20,22,25,33-35,41,46H,5,14-17,21,23-24H2,1-4H3,(H,42,47)(H,43,45)/t25-,33-,34-,35+,38?/m0/s1. The van der Waals surface area contributed by atoms with Crippen molar-refractivity contribution < 1.29 is 33.0 Å². The Hall–Kier alpha value is -4.35. The Morgan fingerprint density at radius 1 is 1.00 bits per heavy atom. The summed E-state index contributed by atoms with van der Waals surface area (Å²) in [7, 11) is 1.58. The van der Waals surface area contributed by atoms with Gasteiger partial charge in [-0.15, -0.1) is 0 Å². The van der Waals surface area contributed by atoms with Gasteiger partial charge in [0.05, 0.1) is 19.3 Å². The third kappa shape index (κ3) is 9.86. The minimum atomic E-state index is -1.16. The van der Waals surface area contributed by atoms with Crippen molar-refractivity contribution in [3.63, 3.8) is 0 Å². The van der Waals surface area contributed by atoms with Crippen molar-refractivity contribution in [2.75, 3.05) is 20.2 Å². The van der Waals surface area contributed by atoms with E-state index in [9.17, 15) is 28.3 Å². The van der Waals surface area contributed by atoms with Gasteiger partial charge in [-0.1, -0.05) is 62.7 Å². The summed E-state index contributed by atoms with van der Waals surface area (Å²) < 4.78 is 33.7. The molecule has 3 aromatic rings. The van der Waals surface area contributed by atoms with E-state index in [-0.39, 0.29) is 49.2 Å². The van der Waals surface area contributed by atoms with Crippen LogP contribution in [0.1, 0.15) is 56.7 Å². The number of hydrogen-bond acceptors (Lipinski definition) is 6. The molecule has 3 amide bonds. The second-order valence-corrected chi connectivity index (χ2v) is 12.9. The number of benzene rings is 3. The molecule has 0 aromatic heterocycles. The molecule has 264 valence electrons. The van der Waals surface area contributed by atoms with Crippen LogP contribution >= 0.6 is 0 Å². The van der Waals surface area contributed by atoms with Crippen molar-refractivity contribution in [3.05, 3.63) is 101 Å². The summed E-state index contributed by atoms with van der Waals surface area (Å²) in [6.07, 6.45) is 0.529. The first-order valence-corrected chi connectivity index (χ1v) is 16.9. The zero-order chi connectivity index (χ0) is 35.6. The number of nitrogens with zero attached hydrogens (tertiary/aromatic N) is 1. The molecule has 1 aliphatic rings. The van der Waals surface area contributed by atoms with Gasteiger partial charge in [-0.3, -0.25) is 14.4 Å². The van der Waals surface area contributed by atoms with E-state index in [1.54, 1.807) is 7.11 Å². The van der Waals surface area contributed by atoms with Gasteiger partial charge < -0.3 is 30.7 Å². The molecule has 4 rings (SSSR count). The third-order valence-corrected chi connectivity index (χ3v) is 9.46. The number of hydrogen-bond donors (Lipinski definition) is 4. The van der Waals surface area contributed by atoms with Crippen molar-refractivity contribution in [2.24, 2.45) is 5.92 Å². The molecule has 0 bridgehead atoms. The maximum atomic E-state index is 14.3. The number of ether oxygens (including phenoxy) is 1. The molecular formula is C38H48F2N4O5. The SMILES string of the molecule is CC[C@H](C)C1(NC(C)=O)CCN([C@@H](CCc2ccccc2)C(=O)N[C@@H](Cc2cc(F)cc(F)c2)[C@H](O)CNCc2cccc(OC)c2)C1=O. The predicted octanol–water partition coefficient (Wildman–Crippen LogP) is 4.31. The Kier molecular flexibility index (Phi) is 13.3. The number of carbonyl (C=O) groups is 3. The number of aliphatic hydroxyl groups is 1. The van der Waals surface area contributed by atoms with E-state index in [1.807, 2.05) is 68.4 Å². The normalized spacial score (nSPS) is 18.4. The van der Waals surface area contributed by atoms with Crippen LogP contribution in [0.3, 0.4) is 0 Å². The molecule has 1 fully saturated rings. The molecule has 9 nitrogen and oxygen atoms in total. The van der Waals surface area contributed by atoms with Crippen molar-refractivity contribution in [1.29, 1.82) is 0 Å². The van der Waals surface area contributed by atoms with Crippen LogP contribution in [0.15, 0.2) is 72.8 Å². The van der Waals surface area contributed by atoms with Gasteiger partial charge in [-0.25, -0.2) is 8.78 Å². The Balaban J connectivity index is 1.60. The van der Waals surface area contributed by atoms with Crippen molar-refractivity contribution in [1.82, 2.24) is 20.9 Å². The lowest BCUT2D eigenvalue weighted by Gasteiger charge is -2.36. The summed E-state index contributed by atoms with van der Waals surface area (Å²) in [4.78, 5) is 42.3. The van der Waals surface area contributed by atoms with Crippen molar-refractivity contribution in [2.45, 2.75) is 83.1 Å². The fourth-order valence-corrected chi connectivity index (χ4v) is 6.63. The zero-order valence-electron chi connectivity index (χ0n) is 28.7. The van der Waals surface area contributed by atoms with E-state index < -0.39 is 41.3 Å². The van der Waals surface area contributed by atoms with Gasteiger partial charge in [0.25, 0.3) is 0 Å². The van der Waals surface area contributed by atoms with E-state index in [2.05, 4.69) is 16.0 Å². The van der Waals surface area contributed by atoms with E-state index >= 15 is 0 Å². The number of nitrogens with one attached hydrogen (secondary N) is 3. The van der Waals surface area contributed by atoms with Gasteiger partial charge in [-0.2, -0.15) is 0 Å². The molecule has 0 saturated carbocycles. The monoisotopic (exact) mass is 678 g/mol. The molecule has 0 aliphatic carbocycles. The first kappa shape index (κ1) is 37.5. The van der Waals surface area contributed by atoms with Crippen LogP contribution in [0, 0.1) is 17.6 Å². The molecule has 1 unspecified atom stereocenters. The predicted molar refractivity (Wildman–Crippen MR) is 184 cm³/mol. The van der Waals surface area contributed by atoms with E-state index in [0.717, 1.165) is 17.2 Å². The Morgan fingerprint density at radius 2 is 1.69 bits per heavy atom. The lowest BCUT2D eigenvalue weighted by atomic mass is 9.81. The molecule has 1 aliphatic heterocycles. The molecule has 1 saturated heterocycles. The first-order chi connectivity index (χ1) is 23.4. The average Bonchev–Trinajstić information content (AvgIpc) is 3.39. The number of aliphatic hydroxyl groups excluding tert-OH is 1. The molecule has 5 atom stereocenters. The van der Waals surface area contributed by atoms with Gasteiger partial charge in [0.15, 0.2) is 0 Å². The minimum absolute atomic E-state index is 0.0525. The zero-order valence-corrected chi connectivity index (χ0v) is 28.7. The number of aryl methyl sites for hydroxylation is 1. The molecule has 49 heavy (non-hydrogen) atoms. The number of amides is 3. The van der Waals surface area contributed by atoms with Gasteiger partial charge in [0, 0.05) is 32.6 Å². The first-order valence-electron chi connectivity index (χ1n) is 16.9. The molecular weight excluding hydrogens is 630 g/mol. The second kappa shape index (κ2) is 17.3. The number of halogens is 2. The molecule has 3 aromatic carbocycles. The number of methoxy groups -OCH3 is 1. The topological polar surface area (TPSA) is 120 Å². The largest absolute Gasteiger partial charge is 0.497 e. The van der Waals surface area contributed by atoms with Crippen LogP contribution in [0.25, 0.3) is 0 Å². The van der Waals surface area contributed by atoms with Gasteiger partial charge >= 0.3 is 0 Å². The Bertz CT molecular complexity index is 1550. The highest BCUT2D eigenvalue weighted by Crippen LogP contribution is 2.34. The minimum Gasteiger partial charge on any atom is -0.497 e. The average molecular weight is 679 g/mol. The van der Waals surface area contributed by atoms with Gasteiger partial charge in [0.2, 0.25) is 17.7 Å². The second-order valence-electron chi connectivity index (χ2n) is 12.9. The summed E-state index contributed by atoms with van der Waals surface area (Å²) in [5.74, 6) is -2.18. The van der Waals surface area contributed by atoms with Crippen LogP contribution < -0.4 is 20.7 Å². The number of rotatable bonds is 17. The van der Waals surface area contributed by atoms with Crippen molar-refractivity contribution >= 4 is 17.7 Å². The number of carbonyl (C=O) groups excluding carboxylic acids is 3. The molecule has 0 radical (unpaired) electrons. The van der Waals surface area contributed by atoms with Gasteiger partial charge in [0.1, 0.15) is 29.0 Å². The lowest BCUT2D eigenvalue weighted by Crippen LogP contribution is -2.60. The smallest absolute Gasteiger partial charge is 0.249 e. The van der Waals surface area contributed by atoms with E-state index in [0.29, 0.717) is 31.6 Å². The van der Waals surface area contributed by atoms with Gasteiger partial charge in [-0.05, 0) is 72.6 Å². The van der Waals surface area contributed by atoms with Crippen LogP contribution in [-0.2, 0) is 33.8 Å². The highest BCUT2D eigenvalue weighted by atomic mass is 19.1. The molecule has 11 heteroatoms. The quantitative estimate of drug-likeness (QED) is 0.169. The van der Waals surface area contributed by atoms with E-state index in [1.165, 1.54) is 24.0 Å². The maximum absolute atomic E-state index is 14.3. The van der Waals surface area contributed by atoms with Crippen LogP contribution in [0.2, 0.25) is 0 Å². The summed E-state index contributed by atoms with van der Waals surface area (Å²) in [6.45, 7) is 5.94. The Morgan fingerprint density at radius 3 is 2.35 bits per heavy atom. The number of likely N-dealkylation sites (tertiary alicyclic amines) is 1. The molecule has 4 N–H and O–H groups in total. The summed E-state index contributed by atoms with van der Waals surface area (Å²) in [5, 5.41) is 20.5. The summed E-state index contributed by atoms with van der Waals surface area (Å²) in [6, 6.07) is 18.2. The lowest BCUT2D eigenvalue weighted by molar-refractivity contribution is -0.144. The highest BCUT2D eigenvalue weighted by molar-refractivity contribution is 5.96. The summed E-state index contributed by atoms with van der Waals surface area (Å²) >= 11 is 0. The van der Waals surface area contributed by atoms with Crippen LogP contribution in [-0.4, -0.2) is 71.7 Å². The highest BCUT2D eigenvalue weighted by Gasteiger charge is 2.53. The molecule has 1 heterocycles. The Labute approximate surface area is 287 Å². The fraction of sp³-hybridized carbons (Fsp3) is 0.447. The maximum Gasteiger partial charge on any atom is 0.249 e. The van der Waals surface area contributed by atoms with Crippen LogP contribution in [0.4, 0.5) is 8.78 Å². The van der Waals surface area contributed by atoms with E-state index in [4.69, 9.17) is 4.74 Å². The third-order valence-electron chi connectivity index (χ3n) is 9.46. The molecule has 0 spiro atoms.